The van der Waals surface area contributed by atoms with Crippen LogP contribution in [0.2, 0.25) is 0 Å². The lowest BCUT2D eigenvalue weighted by molar-refractivity contribution is -0.121. The molecule has 0 atom stereocenters. The zero-order valence-electron chi connectivity index (χ0n) is 18.5. The Bertz CT molecular complexity index is 1050. The number of amides is 1. The fourth-order valence-corrected chi connectivity index (χ4v) is 3.72. The van der Waals surface area contributed by atoms with Crippen LogP contribution < -0.4 is 5.32 Å². The fraction of sp³-hybridized carbons (Fsp3) is 0.375. The van der Waals surface area contributed by atoms with E-state index in [-0.39, 0.29) is 5.91 Å². The van der Waals surface area contributed by atoms with Gasteiger partial charge in [-0.1, -0.05) is 61.9 Å². The van der Waals surface area contributed by atoms with E-state index in [2.05, 4.69) is 64.6 Å². The smallest absolute Gasteiger partial charge is 0.222 e. The maximum atomic E-state index is 12.4. The van der Waals surface area contributed by atoms with Crippen molar-refractivity contribution < 1.29 is 4.79 Å². The lowest BCUT2D eigenvalue weighted by Crippen LogP contribution is -2.24. The Hall–Kier alpha value is -2.77. The third-order valence-electron chi connectivity index (χ3n) is 5.41. The van der Waals surface area contributed by atoms with Crippen molar-refractivity contribution in [3.05, 3.63) is 70.0 Å². The van der Waals surface area contributed by atoms with Crippen molar-refractivity contribution in [2.24, 2.45) is 0 Å². The van der Waals surface area contributed by atoms with E-state index in [0.29, 0.717) is 24.3 Å². The molecule has 1 heterocycles. The van der Waals surface area contributed by atoms with Crippen molar-refractivity contribution in [2.75, 3.05) is 13.1 Å². The van der Waals surface area contributed by atoms with Gasteiger partial charge in [0.15, 0.2) is 10.6 Å². The molecule has 0 saturated carbocycles. The van der Waals surface area contributed by atoms with Gasteiger partial charge in [-0.2, -0.15) is 5.10 Å². The van der Waals surface area contributed by atoms with Crippen LogP contribution in [-0.4, -0.2) is 38.7 Å². The predicted octanol–water partition coefficient (Wildman–Crippen LogP) is 4.46. The van der Waals surface area contributed by atoms with Crippen LogP contribution in [0.15, 0.2) is 48.5 Å². The molecule has 164 valence electrons. The van der Waals surface area contributed by atoms with Crippen molar-refractivity contribution in [1.29, 1.82) is 0 Å². The molecule has 2 aromatic carbocycles. The van der Waals surface area contributed by atoms with E-state index in [1.165, 1.54) is 5.56 Å². The summed E-state index contributed by atoms with van der Waals surface area (Å²) < 4.78 is 2.40. The van der Waals surface area contributed by atoms with Crippen LogP contribution in [0.3, 0.4) is 0 Å². The van der Waals surface area contributed by atoms with Gasteiger partial charge in [0.05, 0.1) is 0 Å². The van der Waals surface area contributed by atoms with E-state index in [1.807, 2.05) is 29.7 Å². The number of carbonyl (C=O) groups excluding carboxylic acids is 1. The van der Waals surface area contributed by atoms with E-state index in [4.69, 9.17) is 12.2 Å². The minimum Gasteiger partial charge on any atom is -0.352 e. The standard InChI is InChI=1S/C24H31N5OS/c1-4-28(5-2)17-20-11-9-19(10-12-20)16-25-22(30)13-14-29-23(26-27-24(29)31)21-8-6-7-18(3)15-21/h6-12,15H,4-5,13-14,16-17H2,1-3H3,(H,25,30)(H,27,31). The van der Waals surface area contributed by atoms with Crippen molar-refractivity contribution in [3.8, 4) is 11.4 Å². The Morgan fingerprint density at radius 3 is 2.52 bits per heavy atom. The van der Waals surface area contributed by atoms with E-state index in [0.717, 1.165) is 42.1 Å². The Balaban J connectivity index is 1.53. The van der Waals surface area contributed by atoms with Gasteiger partial charge in [-0.25, -0.2) is 0 Å². The normalized spacial score (nSPS) is 11.1. The van der Waals surface area contributed by atoms with Crippen LogP contribution in [0.25, 0.3) is 11.4 Å². The molecule has 1 aromatic heterocycles. The van der Waals surface area contributed by atoms with Gasteiger partial charge in [0.25, 0.3) is 0 Å². The Morgan fingerprint density at radius 2 is 1.84 bits per heavy atom. The SMILES string of the molecule is CCN(CC)Cc1ccc(CNC(=O)CCn2c(-c3cccc(C)c3)n[nH]c2=S)cc1. The highest BCUT2D eigenvalue weighted by atomic mass is 32.1. The van der Waals surface area contributed by atoms with Crippen molar-refractivity contribution in [2.45, 2.75) is 46.8 Å². The van der Waals surface area contributed by atoms with Gasteiger partial charge in [-0.15, -0.1) is 0 Å². The molecule has 0 spiro atoms. The summed E-state index contributed by atoms with van der Waals surface area (Å²) in [7, 11) is 0. The number of aromatic nitrogens is 3. The number of aryl methyl sites for hydroxylation is 1. The summed E-state index contributed by atoms with van der Waals surface area (Å²) in [5, 5.41) is 10.2. The van der Waals surface area contributed by atoms with Crippen LogP contribution in [-0.2, 0) is 24.4 Å². The van der Waals surface area contributed by atoms with Crippen LogP contribution in [0.1, 0.15) is 37.0 Å². The molecule has 1 amide bonds. The second kappa shape index (κ2) is 11.0. The van der Waals surface area contributed by atoms with Gasteiger partial charge >= 0.3 is 0 Å². The molecule has 0 aliphatic rings. The number of aromatic amines is 1. The molecular weight excluding hydrogens is 406 g/mol. The quantitative estimate of drug-likeness (QED) is 0.460. The minimum absolute atomic E-state index is 0.00879. The van der Waals surface area contributed by atoms with Crippen LogP contribution in [0.5, 0.6) is 0 Å². The Morgan fingerprint density at radius 1 is 1.13 bits per heavy atom. The van der Waals surface area contributed by atoms with Crippen molar-refractivity contribution in [1.82, 2.24) is 25.0 Å². The average molecular weight is 438 g/mol. The third-order valence-corrected chi connectivity index (χ3v) is 5.72. The highest BCUT2D eigenvalue weighted by Gasteiger charge is 2.11. The average Bonchev–Trinajstić information content (AvgIpc) is 3.15. The van der Waals surface area contributed by atoms with Crippen LogP contribution in [0, 0.1) is 11.7 Å². The van der Waals surface area contributed by atoms with Gasteiger partial charge in [-0.05, 0) is 49.4 Å². The topological polar surface area (TPSA) is 66.0 Å². The number of H-pyrrole nitrogens is 1. The molecule has 0 unspecified atom stereocenters. The lowest BCUT2D eigenvalue weighted by Gasteiger charge is -2.18. The monoisotopic (exact) mass is 437 g/mol. The van der Waals surface area contributed by atoms with Gasteiger partial charge in [0.2, 0.25) is 5.91 Å². The van der Waals surface area contributed by atoms with Crippen LogP contribution >= 0.6 is 12.2 Å². The Labute approximate surface area is 189 Å². The predicted molar refractivity (Wildman–Crippen MR) is 127 cm³/mol. The summed E-state index contributed by atoms with van der Waals surface area (Å²) in [4.78, 5) is 14.8. The van der Waals surface area contributed by atoms with E-state index in [9.17, 15) is 4.79 Å². The first-order valence-electron chi connectivity index (χ1n) is 10.8. The molecule has 0 aliphatic carbocycles. The summed E-state index contributed by atoms with van der Waals surface area (Å²) >= 11 is 5.37. The summed E-state index contributed by atoms with van der Waals surface area (Å²) in [6.07, 6.45) is 0.340. The molecule has 0 aliphatic heterocycles. The van der Waals surface area contributed by atoms with E-state index in [1.54, 1.807) is 0 Å². The minimum atomic E-state index is -0.00879. The molecule has 7 heteroatoms. The molecule has 31 heavy (non-hydrogen) atoms. The van der Waals surface area contributed by atoms with Crippen molar-refractivity contribution in [3.63, 3.8) is 0 Å². The number of hydrogen-bond acceptors (Lipinski definition) is 4. The molecule has 0 saturated heterocycles. The summed E-state index contributed by atoms with van der Waals surface area (Å²) in [5.74, 6) is 0.746. The van der Waals surface area contributed by atoms with Gasteiger partial charge in [0.1, 0.15) is 0 Å². The largest absolute Gasteiger partial charge is 0.352 e. The molecular formula is C24H31N5OS. The number of hydrogen-bond donors (Lipinski definition) is 2. The number of nitrogens with zero attached hydrogens (tertiary/aromatic N) is 3. The van der Waals surface area contributed by atoms with E-state index >= 15 is 0 Å². The molecule has 0 bridgehead atoms. The van der Waals surface area contributed by atoms with Crippen molar-refractivity contribution >= 4 is 18.1 Å². The Kier molecular flexibility index (Phi) is 8.14. The lowest BCUT2D eigenvalue weighted by atomic mass is 10.1. The second-order valence-electron chi connectivity index (χ2n) is 7.68. The fourth-order valence-electron chi connectivity index (χ4n) is 3.50. The first-order valence-corrected chi connectivity index (χ1v) is 11.2. The molecule has 3 aromatic rings. The first kappa shape index (κ1) is 22.9. The number of carbonyl (C=O) groups is 1. The first-order chi connectivity index (χ1) is 15.0. The summed E-state index contributed by atoms with van der Waals surface area (Å²) in [5.41, 5.74) is 4.52. The van der Waals surface area contributed by atoms with Gasteiger partial charge in [-0.3, -0.25) is 19.4 Å². The second-order valence-corrected chi connectivity index (χ2v) is 8.06. The zero-order valence-corrected chi connectivity index (χ0v) is 19.3. The molecule has 0 fully saturated rings. The zero-order chi connectivity index (χ0) is 22.2. The third kappa shape index (κ3) is 6.35. The molecule has 3 rings (SSSR count). The maximum Gasteiger partial charge on any atom is 0.222 e. The van der Waals surface area contributed by atoms with Gasteiger partial charge < -0.3 is 5.32 Å². The highest BCUT2D eigenvalue weighted by molar-refractivity contribution is 7.71. The maximum absolute atomic E-state index is 12.4. The van der Waals surface area contributed by atoms with Crippen LogP contribution in [0.4, 0.5) is 0 Å². The number of rotatable bonds is 10. The van der Waals surface area contributed by atoms with E-state index < -0.39 is 0 Å². The van der Waals surface area contributed by atoms with Gasteiger partial charge in [0, 0.05) is 31.6 Å². The highest BCUT2D eigenvalue weighted by Crippen LogP contribution is 2.18. The number of nitrogens with one attached hydrogen (secondary N) is 2. The number of benzene rings is 2. The molecule has 0 radical (unpaired) electrons. The summed E-state index contributed by atoms with van der Waals surface area (Å²) in [6.45, 7) is 10.4. The molecule has 2 N–H and O–H groups in total. The summed E-state index contributed by atoms with van der Waals surface area (Å²) in [6, 6.07) is 16.5. The molecule has 6 nitrogen and oxygen atoms in total.